The van der Waals surface area contributed by atoms with Crippen molar-refractivity contribution < 1.29 is 14.0 Å². The molecule has 2 amide bonds. The van der Waals surface area contributed by atoms with Gasteiger partial charge in [-0.25, -0.2) is 4.39 Å². The first kappa shape index (κ1) is 19.7. The summed E-state index contributed by atoms with van der Waals surface area (Å²) < 4.78 is 17.8. The number of halogens is 1. The molecule has 6 nitrogen and oxygen atoms in total. The van der Waals surface area contributed by atoms with Gasteiger partial charge in [0.2, 0.25) is 5.91 Å². The minimum Gasteiger partial charge on any atom is -0.351 e. The van der Waals surface area contributed by atoms with E-state index in [2.05, 4.69) is 14.9 Å². The molecule has 2 aromatic heterocycles. The van der Waals surface area contributed by atoms with Crippen LogP contribution in [0.4, 0.5) is 10.1 Å². The molecule has 2 heterocycles. The van der Waals surface area contributed by atoms with Crippen LogP contribution in [0.1, 0.15) is 47.1 Å². The average Bonchev–Trinajstić information content (AvgIpc) is 3.49. The number of amides is 2. The van der Waals surface area contributed by atoms with Crippen molar-refractivity contribution in [1.82, 2.24) is 14.9 Å². The van der Waals surface area contributed by atoms with E-state index >= 15 is 0 Å². The summed E-state index contributed by atoms with van der Waals surface area (Å²) >= 11 is 2.42. The Labute approximate surface area is 175 Å². The van der Waals surface area contributed by atoms with E-state index in [9.17, 15) is 14.0 Å². The molecule has 1 saturated carbocycles. The summed E-state index contributed by atoms with van der Waals surface area (Å²) in [7, 11) is 0. The van der Waals surface area contributed by atoms with Crippen LogP contribution in [0, 0.1) is 5.82 Å². The van der Waals surface area contributed by atoms with Crippen LogP contribution in [0.2, 0.25) is 0 Å². The number of hydrogen-bond acceptors (Lipinski definition) is 6. The maximum Gasteiger partial charge on any atom is 0.280 e. The van der Waals surface area contributed by atoms with Crippen LogP contribution in [0.15, 0.2) is 47.2 Å². The molecule has 1 aromatic carbocycles. The molecule has 0 aliphatic heterocycles. The number of carbonyl (C=O) groups excluding carboxylic acids is 2. The Morgan fingerprint density at radius 3 is 2.69 bits per heavy atom. The Hall–Kier alpha value is -2.65. The Balaban J connectivity index is 1.77. The van der Waals surface area contributed by atoms with Crippen LogP contribution in [0.3, 0.4) is 0 Å². The van der Waals surface area contributed by atoms with Crippen LogP contribution in [-0.4, -0.2) is 27.4 Å². The maximum absolute atomic E-state index is 14.0. The van der Waals surface area contributed by atoms with Gasteiger partial charge in [0, 0.05) is 22.0 Å². The third-order valence-corrected chi connectivity index (χ3v) is 6.33. The van der Waals surface area contributed by atoms with Gasteiger partial charge in [-0.2, -0.15) is 0 Å². The zero-order valence-corrected chi connectivity index (χ0v) is 17.1. The van der Waals surface area contributed by atoms with Crippen molar-refractivity contribution in [3.63, 3.8) is 0 Å². The first-order valence-corrected chi connectivity index (χ1v) is 11.0. The van der Waals surface area contributed by atoms with Crippen LogP contribution in [0.5, 0.6) is 0 Å². The molecule has 1 aliphatic rings. The molecule has 1 aliphatic carbocycles. The number of rotatable bonds is 6. The lowest BCUT2D eigenvalue weighted by molar-refractivity contribution is -0.123. The van der Waals surface area contributed by atoms with Crippen molar-refractivity contribution in [2.75, 3.05) is 4.90 Å². The molecule has 3 aromatic rings. The molecule has 1 fully saturated rings. The van der Waals surface area contributed by atoms with E-state index in [0.717, 1.165) is 37.2 Å². The van der Waals surface area contributed by atoms with E-state index < -0.39 is 17.8 Å². The number of anilines is 1. The summed E-state index contributed by atoms with van der Waals surface area (Å²) in [5.41, 5.74) is 0.414. The Morgan fingerprint density at radius 2 is 2.03 bits per heavy atom. The molecule has 0 radical (unpaired) electrons. The lowest BCUT2D eigenvalue weighted by Crippen LogP contribution is -2.46. The summed E-state index contributed by atoms with van der Waals surface area (Å²) in [5.74, 6) is -1.26. The van der Waals surface area contributed by atoms with Crippen LogP contribution < -0.4 is 10.2 Å². The zero-order valence-electron chi connectivity index (χ0n) is 15.5. The summed E-state index contributed by atoms with van der Waals surface area (Å²) in [6, 6.07) is 8.49. The lowest BCUT2D eigenvalue weighted by Gasteiger charge is -2.31. The van der Waals surface area contributed by atoms with Gasteiger partial charge in [-0.05, 0) is 54.0 Å². The van der Waals surface area contributed by atoms with Crippen molar-refractivity contribution in [1.29, 1.82) is 0 Å². The third-order valence-electron chi connectivity index (χ3n) is 4.91. The van der Waals surface area contributed by atoms with Gasteiger partial charge in [-0.15, -0.1) is 16.4 Å². The van der Waals surface area contributed by atoms with E-state index in [1.54, 1.807) is 6.07 Å². The number of carbonyl (C=O) groups is 2. The summed E-state index contributed by atoms with van der Waals surface area (Å²) in [6.45, 7) is 0. The predicted octanol–water partition coefficient (Wildman–Crippen LogP) is 4.19. The highest BCUT2D eigenvalue weighted by Gasteiger charge is 2.36. The molecule has 0 saturated heterocycles. The number of benzene rings is 1. The Bertz CT molecular complexity index is 972. The second kappa shape index (κ2) is 8.79. The highest BCUT2D eigenvalue weighted by molar-refractivity contribution is 7.10. The molecule has 0 bridgehead atoms. The highest BCUT2D eigenvalue weighted by Crippen LogP contribution is 2.33. The molecular weight excluding hydrogens is 411 g/mol. The summed E-state index contributed by atoms with van der Waals surface area (Å²) in [5, 5.41) is 10.3. The van der Waals surface area contributed by atoms with Crippen LogP contribution >= 0.6 is 22.9 Å². The average molecular weight is 431 g/mol. The number of thiophene rings is 1. The van der Waals surface area contributed by atoms with Crippen LogP contribution in [-0.2, 0) is 4.79 Å². The number of aromatic nitrogens is 2. The number of hydrogen-bond donors (Lipinski definition) is 1. The van der Waals surface area contributed by atoms with Gasteiger partial charge in [-0.3, -0.25) is 14.5 Å². The van der Waals surface area contributed by atoms with E-state index in [-0.39, 0.29) is 17.6 Å². The lowest BCUT2D eigenvalue weighted by atomic mass is 10.1. The van der Waals surface area contributed by atoms with Crippen molar-refractivity contribution in [2.24, 2.45) is 0 Å². The minimum absolute atomic E-state index is 0.0929. The van der Waals surface area contributed by atoms with E-state index in [4.69, 9.17) is 0 Å². The van der Waals surface area contributed by atoms with E-state index in [1.807, 2.05) is 17.5 Å². The van der Waals surface area contributed by atoms with Gasteiger partial charge in [0.1, 0.15) is 5.82 Å². The summed E-state index contributed by atoms with van der Waals surface area (Å²) in [4.78, 5) is 28.7. The van der Waals surface area contributed by atoms with Gasteiger partial charge in [0.05, 0.1) is 0 Å². The molecule has 0 spiro atoms. The first-order valence-electron chi connectivity index (χ1n) is 9.33. The van der Waals surface area contributed by atoms with Gasteiger partial charge < -0.3 is 5.32 Å². The molecule has 1 atom stereocenters. The fraction of sp³-hybridized carbons (Fsp3) is 0.300. The van der Waals surface area contributed by atoms with E-state index in [0.29, 0.717) is 10.6 Å². The van der Waals surface area contributed by atoms with Gasteiger partial charge >= 0.3 is 0 Å². The molecule has 29 heavy (non-hydrogen) atoms. The SMILES string of the molecule is O=C(NC1CCCC1)[C@H](c1cccs1)N(C(=O)c1csnn1)c1cccc(F)c1. The Kier molecular flexibility index (Phi) is 5.96. The van der Waals surface area contributed by atoms with Gasteiger partial charge in [0.15, 0.2) is 11.7 Å². The number of nitrogens with zero attached hydrogens (tertiary/aromatic N) is 3. The van der Waals surface area contributed by atoms with Crippen LogP contribution in [0.25, 0.3) is 0 Å². The number of nitrogens with one attached hydrogen (secondary N) is 1. The molecule has 0 unspecified atom stereocenters. The van der Waals surface area contributed by atoms with Crippen molar-refractivity contribution >= 4 is 40.4 Å². The summed E-state index contributed by atoms with van der Waals surface area (Å²) in [6.07, 6.45) is 4.00. The molecule has 4 rings (SSSR count). The highest BCUT2D eigenvalue weighted by atomic mass is 32.1. The topological polar surface area (TPSA) is 75.2 Å². The maximum atomic E-state index is 14.0. The molecular formula is C20H19FN4O2S2. The minimum atomic E-state index is -0.924. The van der Waals surface area contributed by atoms with Crippen molar-refractivity contribution in [3.8, 4) is 0 Å². The van der Waals surface area contributed by atoms with Crippen molar-refractivity contribution in [2.45, 2.75) is 37.8 Å². The van der Waals surface area contributed by atoms with E-state index in [1.165, 1.54) is 39.8 Å². The zero-order chi connectivity index (χ0) is 20.2. The predicted molar refractivity (Wildman–Crippen MR) is 111 cm³/mol. The normalized spacial score (nSPS) is 15.2. The second-order valence-corrected chi connectivity index (χ2v) is 8.44. The standard InChI is InChI=1S/C20H19FN4O2S2/c21-13-5-3-8-15(11-13)25(20(27)16-12-29-24-23-16)18(17-9-4-10-28-17)19(26)22-14-6-1-2-7-14/h3-5,8-12,14,18H,1-2,6-7H2,(H,22,26)/t18-/m0/s1. The second-order valence-electron chi connectivity index (χ2n) is 6.85. The van der Waals surface area contributed by atoms with Gasteiger partial charge in [-0.1, -0.05) is 29.5 Å². The fourth-order valence-corrected chi connectivity index (χ4v) is 4.80. The first-order chi connectivity index (χ1) is 14.1. The van der Waals surface area contributed by atoms with Gasteiger partial charge in [0.25, 0.3) is 5.91 Å². The Morgan fingerprint density at radius 1 is 1.21 bits per heavy atom. The molecule has 1 N–H and O–H groups in total. The van der Waals surface area contributed by atoms with Crippen molar-refractivity contribution in [3.05, 3.63) is 63.5 Å². The molecule has 9 heteroatoms. The smallest absolute Gasteiger partial charge is 0.280 e. The molecule has 150 valence electrons. The monoisotopic (exact) mass is 430 g/mol. The fourth-order valence-electron chi connectivity index (χ4n) is 3.56. The quantitative estimate of drug-likeness (QED) is 0.636. The third kappa shape index (κ3) is 4.35. The largest absolute Gasteiger partial charge is 0.351 e.